The van der Waals surface area contributed by atoms with E-state index in [2.05, 4.69) is 24.2 Å². The second-order valence-corrected chi connectivity index (χ2v) is 7.59. The van der Waals surface area contributed by atoms with Crippen LogP contribution in [0.5, 0.6) is 0 Å². The van der Waals surface area contributed by atoms with Crippen LogP contribution in [0.25, 0.3) is 0 Å². The summed E-state index contributed by atoms with van der Waals surface area (Å²) >= 11 is 1.62. The SMILES string of the molecule is CC1(C)CC2=NC(C(=O)O)CSC2=C(Nc2ccccc2)C1. The van der Waals surface area contributed by atoms with Crippen LogP contribution in [0.2, 0.25) is 0 Å². The molecule has 116 valence electrons. The van der Waals surface area contributed by atoms with Crippen LogP contribution in [0.3, 0.4) is 0 Å². The molecule has 0 saturated heterocycles. The Morgan fingerprint density at radius 1 is 1.32 bits per heavy atom. The Kier molecular flexibility index (Phi) is 4.00. The van der Waals surface area contributed by atoms with Gasteiger partial charge in [0.1, 0.15) is 0 Å². The van der Waals surface area contributed by atoms with Crippen LogP contribution >= 0.6 is 11.8 Å². The molecule has 1 aromatic rings. The Morgan fingerprint density at radius 3 is 2.73 bits per heavy atom. The van der Waals surface area contributed by atoms with Crippen molar-refractivity contribution in [3.63, 3.8) is 0 Å². The number of aliphatic carboxylic acids is 1. The Hall–Kier alpha value is -1.75. The zero-order valence-corrected chi connectivity index (χ0v) is 13.6. The van der Waals surface area contributed by atoms with E-state index in [1.165, 1.54) is 0 Å². The number of fused-ring (bicyclic) bond motifs is 1. The highest BCUT2D eigenvalue weighted by atomic mass is 32.2. The molecule has 0 spiro atoms. The smallest absolute Gasteiger partial charge is 0.329 e. The quantitative estimate of drug-likeness (QED) is 0.891. The maximum Gasteiger partial charge on any atom is 0.329 e. The molecule has 1 heterocycles. The third-order valence-electron chi connectivity index (χ3n) is 3.89. The highest BCUT2D eigenvalue weighted by Crippen LogP contribution is 2.43. The van der Waals surface area contributed by atoms with E-state index in [-0.39, 0.29) is 5.41 Å². The number of rotatable bonds is 3. The number of hydrogen-bond donors (Lipinski definition) is 2. The molecule has 0 saturated carbocycles. The van der Waals surface area contributed by atoms with Gasteiger partial charge in [0.15, 0.2) is 6.04 Å². The summed E-state index contributed by atoms with van der Waals surface area (Å²) in [5.74, 6) is -0.325. The molecule has 0 bridgehead atoms. The number of carboxylic acids is 1. The molecule has 5 heteroatoms. The van der Waals surface area contributed by atoms with E-state index in [4.69, 9.17) is 0 Å². The van der Waals surface area contributed by atoms with Crippen molar-refractivity contribution in [2.24, 2.45) is 10.4 Å². The number of hydrogen-bond acceptors (Lipinski definition) is 4. The summed E-state index contributed by atoms with van der Waals surface area (Å²) in [6, 6.07) is 9.47. The molecule has 1 atom stereocenters. The molecule has 3 rings (SSSR count). The van der Waals surface area contributed by atoms with Crippen molar-refractivity contribution in [1.82, 2.24) is 0 Å². The first-order valence-electron chi connectivity index (χ1n) is 7.42. The van der Waals surface area contributed by atoms with Crippen LogP contribution in [-0.2, 0) is 4.79 Å². The standard InChI is InChI=1S/C17H20N2O2S/c1-17(2)8-12(18-11-6-4-3-5-7-11)15-13(9-17)19-14(10-22-15)16(20)21/h3-7,14,18H,8-10H2,1-2H3,(H,20,21). The Labute approximate surface area is 134 Å². The minimum atomic E-state index is -0.833. The summed E-state index contributed by atoms with van der Waals surface area (Å²) in [7, 11) is 0. The Morgan fingerprint density at radius 2 is 2.05 bits per heavy atom. The second-order valence-electron chi connectivity index (χ2n) is 6.56. The van der Waals surface area contributed by atoms with Gasteiger partial charge in [-0.2, -0.15) is 0 Å². The minimum absolute atomic E-state index is 0.0837. The monoisotopic (exact) mass is 316 g/mol. The van der Waals surface area contributed by atoms with Crippen LogP contribution in [-0.4, -0.2) is 28.6 Å². The van der Waals surface area contributed by atoms with Gasteiger partial charge in [-0.25, -0.2) is 4.79 Å². The zero-order chi connectivity index (χ0) is 15.7. The normalized spacial score (nSPS) is 23.5. The fourth-order valence-electron chi connectivity index (χ4n) is 2.91. The summed E-state index contributed by atoms with van der Waals surface area (Å²) in [5.41, 5.74) is 3.25. The molecule has 22 heavy (non-hydrogen) atoms. The number of nitrogens with zero attached hydrogens (tertiary/aromatic N) is 1. The number of para-hydroxylation sites is 1. The van der Waals surface area contributed by atoms with E-state index in [1.54, 1.807) is 11.8 Å². The van der Waals surface area contributed by atoms with Crippen molar-refractivity contribution in [2.45, 2.75) is 32.7 Å². The van der Waals surface area contributed by atoms with Crippen molar-refractivity contribution >= 4 is 29.1 Å². The number of anilines is 1. The second kappa shape index (κ2) is 5.80. The summed E-state index contributed by atoms with van der Waals surface area (Å²) in [5, 5.41) is 12.7. The molecule has 2 aliphatic rings. The lowest BCUT2D eigenvalue weighted by Gasteiger charge is -2.36. The Balaban J connectivity index is 1.96. The average molecular weight is 316 g/mol. The summed E-state index contributed by atoms with van der Waals surface area (Å²) in [6.07, 6.45) is 1.78. The lowest BCUT2D eigenvalue weighted by atomic mass is 9.78. The number of carboxylic acid groups (broad SMARTS) is 1. The van der Waals surface area contributed by atoms with Crippen LogP contribution in [0, 0.1) is 5.41 Å². The van der Waals surface area contributed by atoms with E-state index in [1.807, 2.05) is 30.3 Å². The molecule has 1 aliphatic heterocycles. The van der Waals surface area contributed by atoms with E-state index < -0.39 is 12.0 Å². The minimum Gasteiger partial charge on any atom is -0.480 e. The van der Waals surface area contributed by atoms with Gasteiger partial charge in [-0.3, -0.25) is 4.99 Å². The van der Waals surface area contributed by atoms with E-state index in [0.717, 1.165) is 34.8 Å². The number of carbonyl (C=O) groups is 1. The Bertz CT molecular complexity index is 650. The predicted octanol–water partition coefficient (Wildman–Crippen LogP) is 3.77. The molecule has 0 aromatic heterocycles. The van der Waals surface area contributed by atoms with Gasteiger partial charge in [0.05, 0.1) is 5.71 Å². The first-order valence-corrected chi connectivity index (χ1v) is 8.41. The van der Waals surface area contributed by atoms with E-state index >= 15 is 0 Å². The van der Waals surface area contributed by atoms with Crippen molar-refractivity contribution in [3.05, 3.63) is 40.9 Å². The summed E-state index contributed by atoms with van der Waals surface area (Å²) < 4.78 is 0. The molecule has 1 unspecified atom stereocenters. The topological polar surface area (TPSA) is 61.7 Å². The third kappa shape index (κ3) is 3.19. The number of thioether (sulfide) groups is 1. The molecule has 2 N–H and O–H groups in total. The number of nitrogens with one attached hydrogen (secondary N) is 1. The lowest BCUT2D eigenvalue weighted by molar-refractivity contribution is -0.137. The van der Waals surface area contributed by atoms with Crippen molar-refractivity contribution in [3.8, 4) is 0 Å². The highest BCUT2D eigenvalue weighted by Gasteiger charge is 2.36. The summed E-state index contributed by atoms with van der Waals surface area (Å²) in [4.78, 5) is 16.8. The average Bonchev–Trinajstić information content (AvgIpc) is 2.46. The van der Waals surface area contributed by atoms with Crippen LogP contribution in [0.15, 0.2) is 45.9 Å². The number of benzene rings is 1. The van der Waals surface area contributed by atoms with Crippen LogP contribution < -0.4 is 5.32 Å². The van der Waals surface area contributed by atoms with Crippen molar-refractivity contribution < 1.29 is 9.90 Å². The molecule has 0 radical (unpaired) electrons. The van der Waals surface area contributed by atoms with Gasteiger partial charge in [0.25, 0.3) is 0 Å². The fourth-order valence-corrected chi connectivity index (χ4v) is 4.05. The molecule has 0 amide bonds. The highest BCUT2D eigenvalue weighted by molar-refractivity contribution is 8.04. The molecular formula is C17H20N2O2S. The predicted molar refractivity (Wildman–Crippen MR) is 91.4 cm³/mol. The first kappa shape index (κ1) is 15.2. The van der Waals surface area contributed by atoms with Gasteiger partial charge in [-0.05, 0) is 30.4 Å². The molecule has 4 nitrogen and oxygen atoms in total. The zero-order valence-electron chi connectivity index (χ0n) is 12.8. The molecule has 1 aromatic carbocycles. The van der Waals surface area contributed by atoms with Gasteiger partial charge in [0, 0.05) is 22.0 Å². The van der Waals surface area contributed by atoms with Crippen molar-refractivity contribution in [1.29, 1.82) is 0 Å². The fraction of sp³-hybridized carbons (Fsp3) is 0.412. The maximum atomic E-state index is 11.2. The molecular weight excluding hydrogens is 296 g/mol. The number of allylic oxidation sites excluding steroid dienone is 2. The van der Waals surface area contributed by atoms with Gasteiger partial charge in [-0.15, -0.1) is 11.8 Å². The lowest BCUT2D eigenvalue weighted by Crippen LogP contribution is -2.34. The van der Waals surface area contributed by atoms with Gasteiger partial charge in [0.2, 0.25) is 0 Å². The van der Waals surface area contributed by atoms with Crippen LogP contribution in [0.1, 0.15) is 26.7 Å². The van der Waals surface area contributed by atoms with Crippen molar-refractivity contribution in [2.75, 3.05) is 11.1 Å². The van der Waals surface area contributed by atoms with Crippen LogP contribution in [0.4, 0.5) is 5.69 Å². The van der Waals surface area contributed by atoms with Gasteiger partial charge < -0.3 is 10.4 Å². The number of aliphatic imine (C=N–C) groups is 1. The van der Waals surface area contributed by atoms with E-state index in [9.17, 15) is 9.90 Å². The summed E-state index contributed by atoms with van der Waals surface area (Å²) in [6.45, 7) is 4.40. The molecule has 1 aliphatic carbocycles. The first-order chi connectivity index (χ1) is 10.4. The third-order valence-corrected chi connectivity index (χ3v) is 5.14. The maximum absolute atomic E-state index is 11.2. The van der Waals surface area contributed by atoms with E-state index in [0.29, 0.717) is 5.75 Å². The largest absolute Gasteiger partial charge is 0.480 e. The molecule has 0 fully saturated rings. The van der Waals surface area contributed by atoms with Gasteiger partial charge >= 0.3 is 5.97 Å². The van der Waals surface area contributed by atoms with Gasteiger partial charge in [-0.1, -0.05) is 32.0 Å².